The maximum atomic E-state index is 12.4. The van der Waals surface area contributed by atoms with Gasteiger partial charge in [-0.15, -0.1) is 0 Å². The van der Waals surface area contributed by atoms with E-state index >= 15 is 0 Å². The summed E-state index contributed by atoms with van der Waals surface area (Å²) in [6.45, 7) is 5.51. The van der Waals surface area contributed by atoms with Crippen LogP contribution < -0.4 is 10.6 Å². The smallest absolute Gasteiger partial charge is 0.272 e. The molecule has 0 saturated carbocycles. The standard InChI is InChI=1S/C14H20N6O/c1-8(11-7-20(3)19-9(11)2)16-14(21)13-10-6-15-5-4-12(10)17-18-13/h7-8,15H,4-6H2,1-3H3,(H,16,21)(H,17,18). The van der Waals surface area contributed by atoms with Crippen LogP contribution in [0.3, 0.4) is 0 Å². The molecule has 2 aromatic heterocycles. The molecule has 3 heterocycles. The third-order valence-corrected chi connectivity index (χ3v) is 3.89. The topological polar surface area (TPSA) is 87.6 Å². The van der Waals surface area contributed by atoms with E-state index in [0.29, 0.717) is 12.2 Å². The fourth-order valence-corrected chi connectivity index (χ4v) is 2.80. The van der Waals surface area contributed by atoms with Crippen LogP contribution in [-0.4, -0.2) is 32.4 Å². The van der Waals surface area contributed by atoms with E-state index in [4.69, 9.17) is 0 Å². The fourth-order valence-electron chi connectivity index (χ4n) is 2.80. The number of nitrogens with zero attached hydrogens (tertiary/aromatic N) is 3. The Kier molecular flexibility index (Phi) is 3.50. The van der Waals surface area contributed by atoms with E-state index in [1.54, 1.807) is 4.68 Å². The van der Waals surface area contributed by atoms with Gasteiger partial charge >= 0.3 is 0 Å². The molecule has 1 unspecified atom stereocenters. The molecule has 0 spiro atoms. The van der Waals surface area contributed by atoms with Crippen LogP contribution in [-0.2, 0) is 20.0 Å². The molecule has 2 aromatic rings. The molecule has 0 fully saturated rings. The minimum atomic E-state index is -0.146. The number of hydrogen-bond acceptors (Lipinski definition) is 4. The summed E-state index contributed by atoms with van der Waals surface area (Å²) in [5.74, 6) is -0.146. The van der Waals surface area contributed by atoms with Crippen LogP contribution in [0.1, 0.15) is 46.0 Å². The molecule has 1 aliphatic rings. The van der Waals surface area contributed by atoms with E-state index in [2.05, 4.69) is 25.9 Å². The van der Waals surface area contributed by atoms with E-state index in [1.165, 1.54) is 0 Å². The molecule has 7 heteroatoms. The Morgan fingerprint density at radius 2 is 2.33 bits per heavy atom. The summed E-state index contributed by atoms with van der Waals surface area (Å²) in [4.78, 5) is 12.4. The number of fused-ring (bicyclic) bond motifs is 1. The molecule has 0 saturated heterocycles. The molecule has 1 atom stereocenters. The summed E-state index contributed by atoms with van der Waals surface area (Å²) in [5.41, 5.74) is 4.48. The molecule has 3 N–H and O–H groups in total. The molecule has 21 heavy (non-hydrogen) atoms. The zero-order valence-electron chi connectivity index (χ0n) is 12.5. The van der Waals surface area contributed by atoms with Gasteiger partial charge in [-0.05, 0) is 13.8 Å². The van der Waals surface area contributed by atoms with Crippen molar-refractivity contribution in [3.8, 4) is 0 Å². The molecule has 3 rings (SSSR count). The number of aromatic nitrogens is 4. The van der Waals surface area contributed by atoms with Gasteiger partial charge in [0, 0.05) is 49.6 Å². The molecular formula is C14H20N6O. The summed E-state index contributed by atoms with van der Waals surface area (Å²) in [7, 11) is 1.88. The van der Waals surface area contributed by atoms with E-state index in [-0.39, 0.29) is 11.9 Å². The Balaban J connectivity index is 1.77. The van der Waals surface area contributed by atoms with Crippen LogP contribution in [0.4, 0.5) is 0 Å². The maximum absolute atomic E-state index is 12.4. The Morgan fingerprint density at radius 3 is 3.05 bits per heavy atom. The van der Waals surface area contributed by atoms with Crippen LogP contribution in [0.25, 0.3) is 0 Å². The zero-order chi connectivity index (χ0) is 15.0. The van der Waals surface area contributed by atoms with Crippen molar-refractivity contribution in [3.63, 3.8) is 0 Å². The van der Waals surface area contributed by atoms with E-state index in [0.717, 1.165) is 35.5 Å². The minimum absolute atomic E-state index is 0.102. The second-order valence-electron chi connectivity index (χ2n) is 5.49. The maximum Gasteiger partial charge on any atom is 0.272 e. The first-order chi connectivity index (χ1) is 10.1. The number of amides is 1. The number of aryl methyl sites for hydroxylation is 2. The number of hydrogen-bond donors (Lipinski definition) is 3. The molecule has 1 aliphatic heterocycles. The van der Waals surface area contributed by atoms with Gasteiger partial charge in [0.15, 0.2) is 5.69 Å². The van der Waals surface area contributed by atoms with Gasteiger partial charge in [0.2, 0.25) is 0 Å². The van der Waals surface area contributed by atoms with Crippen molar-refractivity contribution < 1.29 is 4.79 Å². The molecule has 7 nitrogen and oxygen atoms in total. The van der Waals surface area contributed by atoms with Gasteiger partial charge in [-0.25, -0.2) is 0 Å². The number of nitrogens with one attached hydrogen (secondary N) is 3. The first-order valence-corrected chi connectivity index (χ1v) is 7.14. The van der Waals surface area contributed by atoms with Gasteiger partial charge < -0.3 is 10.6 Å². The summed E-state index contributed by atoms with van der Waals surface area (Å²) in [5, 5.41) is 17.7. The summed E-state index contributed by atoms with van der Waals surface area (Å²) < 4.78 is 1.76. The Morgan fingerprint density at radius 1 is 1.52 bits per heavy atom. The van der Waals surface area contributed by atoms with Crippen molar-refractivity contribution >= 4 is 5.91 Å². The predicted molar refractivity (Wildman–Crippen MR) is 77.8 cm³/mol. The van der Waals surface area contributed by atoms with Gasteiger partial charge in [0.25, 0.3) is 5.91 Å². The van der Waals surface area contributed by atoms with Gasteiger partial charge in [0.05, 0.1) is 11.7 Å². The molecule has 0 aliphatic carbocycles. The first kappa shape index (κ1) is 13.8. The van der Waals surface area contributed by atoms with Crippen molar-refractivity contribution in [2.45, 2.75) is 32.9 Å². The normalized spacial score (nSPS) is 15.6. The van der Waals surface area contributed by atoms with Crippen molar-refractivity contribution in [2.75, 3.05) is 6.54 Å². The van der Waals surface area contributed by atoms with Crippen LogP contribution in [0.15, 0.2) is 6.20 Å². The average molecular weight is 288 g/mol. The number of rotatable bonds is 3. The highest BCUT2D eigenvalue weighted by Gasteiger charge is 2.23. The van der Waals surface area contributed by atoms with E-state index < -0.39 is 0 Å². The second-order valence-corrected chi connectivity index (χ2v) is 5.49. The fraction of sp³-hybridized carbons (Fsp3) is 0.500. The lowest BCUT2D eigenvalue weighted by atomic mass is 10.1. The lowest BCUT2D eigenvalue weighted by Crippen LogP contribution is -2.30. The third kappa shape index (κ3) is 2.56. The van der Waals surface area contributed by atoms with Gasteiger partial charge in [-0.3, -0.25) is 14.6 Å². The summed E-state index contributed by atoms with van der Waals surface area (Å²) in [6, 6.07) is -0.102. The molecule has 0 bridgehead atoms. The van der Waals surface area contributed by atoms with Gasteiger partial charge in [-0.2, -0.15) is 10.2 Å². The van der Waals surface area contributed by atoms with E-state index in [1.807, 2.05) is 27.1 Å². The summed E-state index contributed by atoms with van der Waals surface area (Å²) in [6.07, 6.45) is 2.81. The highest BCUT2D eigenvalue weighted by molar-refractivity contribution is 5.94. The molecule has 0 radical (unpaired) electrons. The van der Waals surface area contributed by atoms with Gasteiger partial charge in [-0.1, -0.05) is 0 Å². The molecular weight excluding hydrogens is 268 g/mol. The Hall–Kier alpha value is -2.15. The lowest BCUT2D eigenvalue weighted by Gasteiger charge is -2.15. The van der Waals surface area contributed by atoms with Gasteiger partial charge in [0.1, 0.15) is 0 Å². The Bertz CT molecular complexity index is 671. The lowest BCUT2D eigenvalue weighted by molar-refractivity contribution is 0.0933. The average Bonchev–Trinajstić information content (AvgIpc) is 3.01. The minimum Gasteiger partial charge on any atom is -0.344 e. The number of aromatic amines is 1. The highest BCUT2D eigenvalue weighted by Crippen LogP contribution is 2.19. The number of carbonyl (C=O) groups is 1. The van der Waals surface area contributed by atoms with Crippen LogP contribution in [0, 0.1) is 6.92 Å². The van der Waals surface area contributed by atoms with Crippen molar-refractivity contribution in [1.82, 2.24) is 30.6 Å². The summed E-state index contributed by atoms with van der Waals surface area (Å²) >= 11 is 0. The largest absolute Gasteiger partial charge is 0.344 e. The van der Waals surface area contributed by atoms with Crippen molar-refractivity contribution in [1.29, 1.82) is 0 Å². The van der Waals surface area contributed by atoms with Crippen LogP contribution in [0.5, 0.6) is 0 Å². The molecule has 1 amide bonds. The van der Waals surface area contributed by atoms with Crippen molar-refractivity contribution in [2.24, 2.45) is 7.05 Å². The monoisotopic (exact) mass is 288 g/mol. The van der Waals surface area contributed by atoms with Crippen LogP contribution in [0.2, 0.25) is 0 Å². The number of carbonyl (C=O) groups excluding carboxylic acids is 1. The first-order valence-electron chi connectivity index (χ1n) is 7.14. The predicted octanol–water partition coefficient (Wildman–Crippen LogP) is 0.588. The zero-order valence-corrected chi connectivity index (χ0v) is 12.5. The molecule has 0 aromatic carbocycles. The Labute approximate surface area is 123 Å². The quantitative estimate of drug-likeness (QED) is 0.771. The second kappa shape index (κ2) is 5.33. The van der Waals surface area contributed by atoms with Crippen molar-refractivity contribution in [3.05, 3.63) is 34.4 Å². The highest BCUT2D eigenvalue weighted by atomic mass is 16.2. The molecule has 112 valence electrons. The number of H-pyrrole nitrogens is 1. The van der Waals surface area contributed by atoms with Crippen LogP contribution >= 0.6 is 0 Å². The third-order valence-electron chi connectivity index (χ3n) is 3.89. The van der Waals surface area contributed by atoms with E-state index in [9.17, 15) is 4.79 Å². The SMILES string of the molecule is Cc1nn(C)cc1C(C)NC(=O)c1n[nH]c2c1CNCC2.